The topological polar surface area (TPSA) is 24.4 Å². The van der Waals surface area contributed by atoms with E-state index in [1.165, 1.54) is 0 Å². The summed E-state index contributed by atoms with van der Waals surface area (Å²) in [6, 6.07) is 0. The summed E-state index contributed by atoms with van der Waals surface area (Å²) >= 11 is 4.34. The van der Waals surface area contributed by atoms with E-state index in [-0.39, 0.29) is 0 Å². The zero-order chi connectivity index (χ0) is 7.33. The molecule has 54 valence electrons. The van der Waals surface area contributed by atoms with Gasteiger partial charge in [-0.15, -0.1) is 0 Å². The molecule has 0 aromatic rings. The highest BCUT2D eigenvalue weighted by atomic mass is 32.7. The van der Waals surface area contributed by atoms with Crippen molar-refractivity contribution < 1.29 is 0 Å². The molecule has 0 bridgehead atoms. The van der Waals surface area contributed by atoms with E-state index in [0.717, 1.165) is 6.54 Å². The van der Waals surface area contributed by atoms with Gasteiger partial charge in [0.05, 0.1) is 13.3 Å². The third-order valence-electron chi connectivity index (χ3n) is 0.648. The van der Waals surface area contributed by atoms with E-state index < -0.39 is 6.62 Å². The molecular formula is C5H14N2PS+. The van der Waals surface area contributed by atoms with Gasteiger partial charge >= 0.3 is 0 Å². The van der Waals surface area contributed by atoms with Gasteiger partial charge in [-0.3, -0.25) is 4.99 Å². The number of aliphatic imine (C=N–C) groups is 1. The second-order valence-electron chi connectivity index (χ2n) is 2.15. The highest BCUT2D eigenvalue weighted by molar-refractivity contribution is 8.52. The molecule has 0 spiro atoms. The van der Waals surface area contributed by atoms with Crippen LogP contribution < -0.4 is 5.09 Å². The van der Waals surface area contributed by atoms with Crippen LogP contribution in [0.2, 0.25) is 0 Å². The van der Waals surface area contributed by atoms with Crippen molar-refractivity contribution in [2.75, 3.05) is 19.9 Å². The molecule has 0 atom stereocenters. The monoisotopic (exact) mass is 165 g/mol. The van der Waals surface area contributed by atoms with Gasteiger partial charge in [0, 0.05) is 18.8 Å². The average Bonchev–Trinajstić information content (AvgIpc) is 1.63. The second-order valence-corrected chi connectivity index (χ2v) is 8.20. The predicted molar refractivity (Wildman–Crippen MR) is 49.9 cm³/mol. The van der Waals surface area contributed by atoms with Gasteiger partial charge in [0.15, 0.2) is 6.62 Å². The number of nitrogens with zero attached hydrogens (tertiary/aromatic N) is 1. The average molecular weight is 165 g/mol. The first kappa shape index (κ1) is 9.25. The van der Waals surface area contributed by atoms with Crippen LogP contribution in [0.4, 0.5) is 0 Å². The van der Waals surface area contributed by atoms with Crippen molar-refractivity contribution in [2.45, 2.75) is 6.92 Å². The summed E-state index contributed by atoms with van der Waals surface area (Å²) in [5, 5.41) is 3.11. The van der Waals surface area contributed by atoms with Crippen LogP contribution in [0.3, 0.4) is 0 Å². The van der Waals surface area contributed by atoms with Crippen molar-refractivity contribution in [3.8, 4) is 0 Å². The molecule has 0 aliphatic heterocycles. The lowest BCUT2D eigenvalue weighted by Gasteiger charge is -2.06. The van der Waals surface area contributed by atoms with Gasteiger partial charge in [-0.05, 0) is 6.92 Å². The van der Waals surface area contributed by atoms with E-state index in [0.29, 0.717) is 0 Å². The van der Waals surface area contributed by atoms with E-state index in [2.05, 4.69) is 35.7 Å². The fourth-order valence-electron chi connectivity index (χ4n) is 0.273. The van der Waals surface area contributed by atoms with Crippen LogP contribution in [0.25, 0.3) is 0 Å². The lowest BCUT2D eigenvalue weighted by Crippen LogP contribution is -2.07. The molecule has 0 saturated carbocycles. The smallest absolute Gasteiger partial charge is 0.152 e. The molecule has 2 nitrogen and oxygen atoms in total. The first-order valence-corrected chi connectivity index (χ1v) is 6.72. The predicted octanol–water partition coefficient (Wildman–Crippen LogP) is 1.66. The molecule has 0 aliphatic rings. The first-order chi connectivity index (χ1) is 4.06. The summed E-state index contributed by atoms with van der Waals surface area (Å²) < 4.78 is 0. The third-order valence-corrected chi connectivity index (χ3v) is 1.74. The summed E-state index contributed by atoms with van der Waals surface area (Å²) in [6.07, 6.45) is 1.74. The molecule has 0 radical (unpaired) electrons. The van der Waals surface area contributed by atoms with Crippen molar-refractivity contribution >= 4 is 25.2 Å². The molecule has 0 heterocycles. The van der Waals surface area contributed by atoms with Gasteiger partial charge in [-0.1, -0.05) is 0 Å². The van der Waals surface area contributed by atoms with E-state index in [1.807, 2.05) is 6.92 Å². The van der Waals surface area contributed by atoms with Crippen LogP contribution >= 0.6 is 18.9 Å². The largest absolute Gasteiger partial charge is 0.273 e. The Morgan fingerprint density at radius 1 is 1.67 bits per heavy atom. The normalized spacial score (nSPS) is 12.4. The van der Waals surface area contributed by atoms with E-state index in [4.69, 9.17) is 0 Å². The first-order valence-electron chi connectivity index (χ1n) is 2.89. The maximum absolute atomic E-state index is 4.34. The van der Waals surface area contributed by atoms with Crippen LogP contribution in [-0.4, -0.2) is 26.2 Å². The quantitative estimate of drug-likeness (QED) is 0.283. The molecule has 4 heteroatoms. The van der Waals surface area contributed by atoms with Gasteiger partial charge in [0.2, 0.25) is 0 Å². The van der Waals surface area contributed by atoms with Crippen molar-refractivity contribution in [1.29, 1.82) is 0 Å². The second kappa shape index (κ2) is 4.13. The molecule has 0 unspecified atom stereocenters. The minimum atomic E-state index is -1.15. The zero-order valence-corrected chi connectivity index (χ0v) is 7.91. The summed E-state index contributed by atoms with van der Waals surface area (Å²) in [4.78, 5) is 4.00. The number of rotatable bonds is 3. The van der Waals surface area contributed by atoms with E-state index >= 15 is 0 Å². The maximum Gasteiger partial charge on any atom is 0.152 e. The van der Waals surface area contributed by atoms with E-state index in [1.54, 1.807) is 6.34 Å². The molecule has 9 heavy (non-hydrogen) atoms. The molecule has 0 fully saturated rings. The Bertz CT molecular complexity index is 97.6. The summed E-state index contributed by atoms with van der Waals surface area (Å²) in [6.45, 7) is 5.85. The van der Waals surface area contributed by atoms with Crippen LogP contribution in [0.5, 0.6) is 0 Å². The summed E-state index contributed by atoms with van der Waals surface area (Å²) in [5.41, 5.74) is 0. The summed E-state index contributed by atoms with van der Waals surface area (Å²) in [5.74, 6) is 0. The maximum atomic E-state index is 4.34. The molecule has 0 rings (SSSR count). The SMILES string of the molecule is CCN=CN[P+](C)(C)S. The molecule has 0 amide bonds. The van der Waals surface area contributed by atoms with Crippen LogP contribution in [0.1, 0.15) is 6.92 Å². The number of hydrogen-bond donors (Lipinski definition) is 2. The number of nitrogens with one attached hydrogen (secondary N) is 1. The van der Waals surface area contributed by atoms with Crippen LogP contribution in [0.15, 0.2) is 4.99 Å². The fraction of sp³-hybridized carbons (Fsp3) is 0.800. The van der Waals surface area contributed by atoms with Gasteiger partial charge in [-0.25, -0.2) is 5.09 Å². The standard InChI is InChI=1S/C5H14N2PS/c1-4-6-5-7-8(2,3)9/h5,9H,4H2,1-3H3,(H,6,7)/q+1. The summed E-state index contributed by atoms with van der Waals surface area (Å²) in [7, 11) is 0. The third kappa shape index (κ3) is 8.25. The van der Waals surface area contributed by atoms with Crippen molar-refractivity contribution in [1.82, 2.24) is 5.09 Å². The Labute approximate surface area is 62.7 Å². The highest BCUT2D eigenvalue weighted by Gasteiger charge is 2.15. The molecule has 0 aromatic carbocycles. The lowest BCUT2D eigenvalue weighted by molar-refractivity contribution is 1.13. The zero-order valence-electron chi connectivity index (χ0n) is 6.13. The molecule has 0 aliphatic carbocycles. The molecule has 1 N–H and O–H groups in total. The van der Waals surface area contributed by atoms with Crippen molar-refractivity contribution in [3.63, 3.8) is 0 Å². The Morgan fingerprint density at radius 2 is 2.22 bits per heavy atom. The minimum Gasteiger partial charge on any atom is -0.273 e. The lowest BCUT2D eigenvalue weighted by atomic mass is 10.8. The van der Waals surface area contributed by atoms with Crippen molar-refractivity contribution in [2.24, 2.45) is 4.99 Å². The molecule has 0 aromatic heterocycles. The van der Waals surface area contributed by atoms with Gasteiger partial charge in [-0.2, -0.15) is 0 Å². The molecular weight excluding hydrogens is 151 g/mol. The number of hydrogen-bond acceptors (Lipinski definition) is 2. The van der Waals surface area contributed by atoms with Crippen LogP contribution in [-0.2, 0) is 0 Å². The number of thiol groups is 1. The Hall–Kier alpha value is 0.250. The Balaban J connectivity index is 3.38. The Kier molecular flexibility index (Phi) is 4.24. The van der Waals surface area contributed by atoms with Gasteiger partial charge in [0.1, 0.15) is 6.34 Å². The van der Waals surface area contributed by atoms with Gasteiger partial charge < -0.3 is 0 Å². The van der Waals surface area contributed by atoms with Crippen LogP contribution in [0, 0.1) is 0 Å². The molecule has 0 saturated heterocycles. The van der Waals surface area contributed by atoms with E-state index in [9.17, 15) is 0 Å². The van der Waals surface area contributed by atoms with Crippen molar-refractivity contribution in [3.05, 3.63) is 0 Å². The highest BCUT2D eigenvalue weighted by Crippen LogP contribution is 2.50. The fourth-order valence-corrected chi connectivity index (χ4v) is 0.793. The van der Waals surface area contributed by atoms with Gasteiger partial charge in [0.25, 0.3) is 0 Å². The Morgan fingerprint density at radius 3 is 2.56 bits per heavy atom. The minimum absolute atomic E-state index is 0.834.